The van der Waals surface area contributed by atoms with Gasteiger partial charge in [0.1, 0.15) is 0 Å². The van der Waals surface area contributed by atoms with Crippen molar-refractivity contribution in [2.24, 2.45) is 0 Å². The quantitative estimate of drug-likeness (QED) is 0.777. The number of benzene rings is 2. The molecule has 2 aromatic carbocycles. The average Bonchev–Trinajstić information content (AvgIpc) is 2.30. The third kappa shape index (κ3) is 3.85. The van der Waals surface area contributed by atoms with Crippen LogP contribution in [0.3, 0.4) is 0 Å². The van der Waals surface area contributed by atoms with E-state index in [-0.39, 0.29) is 12.3 Å². The highest BCUT2D eigenvalue weighted by Gasteiger charge is 2.09. The van der Waals surface area contributed by atoms with E-state index in [0.29, 0.717) is 0 Å². The summed E-state index contributed by atoms with van der Waals surface area (Å²) in [4.78, 5) is 12.0. The van der Waals surface area contributed by atoms with Crippen LogP contribution >= 0.6 is 7.37 Å². The van der Waals surface area contributed by atoms with Crippen molar-refractivity contribution in [1.29, 1.82) is 0 Å². The summed E-state index contributed by atoms with van der Waals surface area (Å²) in [5.41, 5.74) is 1.70. The highest BCUT2D eigenvalue weighted by atomic mass is 31.2. The molecule has 0 bridgehead atoms. The van der Waals surface area contributed by atoms with Crippen molar-refractivity contribution < 1.29 is 9.46 Å². The van der Waals surface area contributed by atoms with Gasteiger partial charge in [0, 0.05) is 19.7 Å². The normalized spacial score (nSPS) is 11.4. The summed E-state index contributed by atoms with van der Waals surface area (Å²) in [5, 5.41) is 0. The molecule has 0 heterocycles. The molecule has 0 aliphatic carbocycles. The zero-order chi connectivity index (χ0) is 12.1. The standard InChI is InChI=1S/C14H15O2P/c15-17(16,11-13-7-3-1-4-8-13)12-14-9-5-2-6-10-14/h1-10H,11-12H2,(H,15,16)/p-1. The highest BCUT2D eigenvalue weighted by molar-refractivity contribution is 7.54. The Morgan fingerprint density at radius 3 is 1.47 bits per heavy atom. The van der Waals surface area contributed by atoms with Crippen LogP contribution in [0.4, 0.5) is 0 Å². The van der Waals surface area contributed by atoms with E-state index in [1.54, 1.807) is 0 Å². The third-order valence-corrected chi connectivity index (χ3v) is 4.23. The van der Waals surface area contributed by atoms with Gasteiger partial charge in [0.15, 0.2) is 0 Å². The lowest BCUT2D eigenvalue weighted by Crippen LogP contribution is -2.06. The Labute approximate surface area is 101 Å². The summed E-state index contributed by atoms with van der Waals surface area (Å²) in [6, 6.07) is 18.6. The van der Waals surface area contributed by atoms with Gasteiger partial charge in [-0.3, -0.25) is 0 Å². The lowest BCUT2D eigenvalue weighted by molar-refractivity contribution is -0.176. The lowest BCUT2D eigenvalue weighted by atomic mass is 10.2. The van der Waals surface area contributed by atoms with Crippen LogP contribution < -0.4 is 4.89 Å². The van der Waals surface area contributed by atoms with Gasteiger partial charge < -0.3 is 9.46 Å². The highest BCUT2D eigenvalue weighted by Crippen LogP contribution is 2.43. The van der Waals surface area contributed by atoms with Crippen molar-refractivity contribution >= 4 is 7.37 Å². The Hall–Kier alpha value is -1.37. The molecule has 3 heteroatoms. The van der Waals surface area contributed by atoms with Gasteiger partial charge in [-0.15, -0.1) is 0 Å². The summed E-state index contributed by atoms with van der Waals surface area (Å²) in [5.74, 6) is 0. The van der Waals surface area contributed by atoms with Crippen LogP contribution in [0.15, 0.2) is 60.7 Å². The van der Waals surface area contributed by atoms with Crippen molar-refractivity contribution in [2.45, 2.75) is 12.3 Å². The van der Waals surface area contributed by atoms with Gasteiger partial charge in [0.05, 0.1) is 0 Å². The predicted octanol–water partition coefficient (Wildman–Crippen LogP) is 3.03. The maximum Gasteiger partial charge on any atom is 0.0233 e. The first-order chi connectivity index (χ1) is 8.16. The molecule has 2 aromatic rings. The van der Waals surface area contributed by atoms with E-state index < -0.39 is 7.37 Å². The predicted molar refractivity (Wildman–Crippen MR) is 67.9 cm³/mol. The molecular formula is C14H14O2P-. The monoisotopic (exact) mass is 245 g/mol. The molecule has 0 saturated heterocycles. The molecule has 0 spiro atoms. The fourth-order valence-electron chi connectivity index (χ4n) is 1.78. The molecule has 0 aromatic heterocycles. The molecule has 0 atom stereocenters. The summed E-state index contributed by atoms with van der Waals surface area (Å²) < 4.78 is 12.0. The molecule has 0 saturated carbocycles. The largest absolute Gasteiger partial charge is 0.799 e. The lowest BCUT2D eigenvalue weighted by Gasteiger charge is -2.23. The first-order valence-electron chi connectivity index (χ1n) is 5.53. The smallest absolute Gasteiger partial charge is 0.0233 e. The summed E-state index contributed by atoms with van der Waals surface area (Å²) in [6.45, 7) is 0. The zero-order valence-corrected chi connectivity index (χ0v) is 10.3. The molecule has 17 heavy (non-hydrogen) atoms. The Morgan fingerprint density at radius 1 is 0.765 bits per heavy atom. The first kappa shape index (κ1) is 12.1. The second kappa shape index (κ2) is 5.31. The van der Waals surface area contributed by atoms with E-state index in [4.69, 9.17) is 0 Å². The van der Waals surface area contributed by atoms with Crippen LogP contribution in [0.25, 0.3) is 0 Å². The van der Waals surface area contributed by atoms with E-state index in [9.17, 15) is 9.46 Å². The minimum Gasteiger partial charge on any atom is -0.799 e. The molecule has 2 nitrogen and oxygen atoms in total. The second-order valence-electron chi connectivity index (χ2n) is 4.10. The van der Waals surface area contributed by atoms with Crippen LogP contribution in [0, 0.1) is 0 Å². The minimum absolute atomic E-state index is 0.128. The van der Waals surface area contributed by atoms with Crippen LogP contribution in [0.1, 0.15) is 11.1 Å². The molecule has 0 N–H and O–H groups in total. The molecule has 0 fully saturated rings. The maximum atomic E-state index is 12.0. The van der Waals surface area contributed by atoms with Crippen molar-refractivity contribution in [3.63, 3.8) is 0 Å². The Balaban J connectivity index is 2.07. The van der Waals surface area contributed by atoms with Crippen LogP contribution in [-0.4, -0.2) is 0 Å². The van der Waals surface area contributed by atoms with Gasteiger partial charge in [0.25, 0.3) is 0 Å². The summed E-state index contributed by atoms with van der Waals surface area (Å²) in [6.07, 6.45) is 0.255. The van der Waals surface area contributed by atoms with Crippen LogP contribution in [0.2, 0.25) is 0 Å². The molecule has 0 unspecified atom stereocenters. The number of rotatable bonds is 4. The first-order valence-corrected chi connectivity index (χ1v) is 7.52. The zero-order valence-electron chi connectivity index (χ0n) is 9.45. The number of hydrogen-bond acceptors (Lipinski definition) is 2. The Kier molecular flexibility index (Phi) is 3.78. The molecule has 88 valence electrons. The number of hydrogen-bond donors (Lipinski definition) is 0. The van der Waals surface area contributed by atoms with Gasteiger partial charge in [-0.25, -0.2) is 0 Å². The summed E-state index contributed by atoms with van der Waals surface area (Å²) in [7, 11) is -3.39. The van der Waals surface area contributed by atoms with E-state index in [2.05, 4.69) is 0 Å². The van der Waals surface area contributed by atoms with Gasteiger partial charge in [-0.05, 0) is 11.1 Å². The molecule has 0 aliphatic heterocycles. The average molecular weight is 245 g/mol. The van der Waals surface area contributed by atoms with Crippen molar-refractivity contribution in [3.05, 3.63) is 71.8 Å². The van der Waals surface area contributed by atoms with Crippen LogP contribution in [0.5, 0.6) is 0 Å². The molecule has 0 amide bonds. The van der Waals surface area contributed by atoms with Gasteiger partial charge >= 0.3 is 0 Å². The van der Waals surface area contributed by atoms with E-state index in [1.165, 1.54) is 0 Å². The van der Waals surface area contributed by atoms with Crippen molar-refractivity contribution in [1.82, 2.24) is 0 Å². The molecule has 0 radical (unpaired) electrons. The fourth-order valence-corrected chi connectivity index (χ4v) is 3.43. The second-order valence-corrected chi connectivity index (χ2v) is 6.36. The van der Waals surface area contributed by atoms with Gasteiger partial charge in [0.2, 0.25) is 0 Å². The van der Waals surface area contributed by atoms with Crippen LogP contribution in [-0.2, 0) is 16.9 Å². The maximum absolute atomic E-state index is 12.0. The third-order valence-electron chi connectivity index (χ3n) is 2.53. The molecular weight excluding hydrogens is 231 g/mol. The van der Waals surface area contributed by atoms with E-state index >= 15 is 0 Å². The Morgan fingerprint density at radius 2 is 1.12 bits per heavy atom. The van der Waals surface area contributed by atoms with Gasteiger partial charge in [-0.2, -0.15) is 0 Å². The minimum atomic E-state index is -3.39. The Bertz CT molecular complexity index is 463. The molecule has 2 rings (SSSR count). The topological polar surface area (TPSA) is 40.1 Å². The molecule has 0 aliphatic rings. The van der Waals surface area contributed by atoms with Crippen molar-refractivity contribution in [2.75, 3.05) is 0 Å². The summed E-state index contributed by atoms with van der Waals surface area (Å²) >= 11 is 0. The van der Waals surface area contributed by atoms with E-state index in [0.717, 1.165) is 11.1 Å². The van der Waals surface area contributed by atoms with E-state index in [1.807, 2.05) is 60.7 Å². The SMILES string of the molecule is O=P([O-])(Cc1ccccc1)Cc1ccccc1. The fraction of sp³-hybridized carbons (Fsp3) is 0.143. The van der Waals surface area contributed by atoms with Crippen molar-refractivity contribution in [3.8, 4) is 0 Å². The van der Waals surface area contributed by atoms with Gasteiger partial charge in [-0.1, -0.05) is 60.7 Å².